The first kappa shape index (κ1) is 22.3. The van der Waals surface area contributed by atoms with Crippen molar-refractivity contribution in [1.82, 2.24) is 10.2 Å². The van der Waals surface area contributed by atoms with Gasteiger partial charge >= 0.3 is 0 Å². The van der Waals surface area contributed by atoms with Crippen LogP contribution in [0.4, 0.5) is 0 Å². The molecule has 2 rings (SSSR count). The minimum absolute atomic E-state index is 0.00847. The zero-order valence-electron chi connectivity index (χ0n) is 16.7. The summed E-state index contributed by atoms with van der Waals surface area (Å²) in [4.78, 5) is 28.2. The fourth-order valence-corrected chi connectivity index (χ4v) is 3.64. The van der Waals surface area contributed by atoms with Gasteiger partial charge in [-0.2, -0.15) is 0 Å². The van der Waals surface area contributed by atoms with Crippen LogP contribution in [0.1, 0.15) is 31.9 Å². The number of nitrogens with zero attached hydrogens (tertiary/aromatic N) is 1. The maximum Gasteiger partial charge on any atom is 0.242 e. The first-order valence-corrected chi connectivity index (χ1v) is 10.7. The fraction of sp³-hybridized carbons (Fsp3) is 0.364. The molecule has 2 aromatic rings. The summed E-state index contributed by atoms with van der Waals surface area (Å²) in [5.74, 6) is -0.0139. The van der Waals surface area contributed by atoms with Gasteiger partial charge in [0.2, 0.25) is 11.8 Å². The predicted molar refractivity (Wildman–Crippen MR) is 117 cm³/mol. The van der Waals surface area contributed by atoms with Crippen LogP contribution in [-0.2, 0) is 16.1 Å². The highest BCUT2D eigenvalue weighted by Crippen LogP contribution is 2.22. The second-order valence-electron chi connectivity index (χ2n) is 7.05. The highest BCUT2D eigenvalue weighted by atomic mass is 35.5. The van der Waals surface area contributed by atoms with Crippen LogP contribution in [0.15, 0.2) is 53.4 Å². The number of carbonyl (C=O) groups is 2. The molecular formula is C22H27ClN2O2S. The first-order chi connectivity index (χ1) is 13.3. The van der Waals surface area contributed by atoms with E-state index in [0.29, 0.717) is 11.6 Å². The molecule has 0 saturated heterocycles. The molecule has 6 heteroatoms. The lowest BCUT2D eigenvalue weighted by atomic mass is 10.1. The zero-order valence-corrected chi connectivity index (χ0v) is 18.3. The molecule has 1 N–H and O–H groups in total. The van der Waals surface area contributed by atoms with E-state index in [9.17, 15) is 9.59 Å². The van der Waals surface area contributed by atoms with Gasteiger partial charge < -0.3 is 10.2 Å². The van der Waals surface area contributed by atoms with Crippen LogP contribution in [0.25, 0.3) is 0 Å². The van der Waals surface area contributed by atoms with Crippen LogP contribution in [-0.4, -0.2) is 34.6 Å². The normalized spacial score (nSPS) is 11.9. The van der Waals surface area contributed by atoms with E-state index in [0.717, 1.165) is 10.5 Å². The molecule has 0 aliphatic rings. The summed E-state index contributed by atoms with van der Waals surface area (Å²) >= 11 is 7.75. The molecule has 4 nitrogen and oxygen atoms in total. The number of hydrogen-bond acceptors (Lipinski definition) is 3. The van der Waals surface area contributed by atoms with Gasteiger partial charge in [-0.05, 0) is 51.5 Å². The molecule has 0 unspecified atom stereocenters. The maximum absolute atomic E-state index is 13.0. The number of carbonyl (C=O) groups excluding carboxylic acids is 2. The molecule has 0 heterocycles. The van der Waals surface area contributed by atoms with Gasteiger partial charge in [-0.15, -0.1) is 11.8 Å². The topological polar surface area (TPSA) is 49.4 Å². The zero-order chi connectivity index (χ0) is 20.7. The van der Waals surface area contributed by atoms with Crippen molar-refractivity contribution in [2.45, 2.75) is 51.2 Å². The largest absolute Gasteiger partial charge is 0.352 e. The Hall–Kier alpha value is -1.98. The number of halogens is 1. The molecule has 0 aliphatic heterocycles. The van der Waals surface area contributed by atoms with E-state index < -0.39 is 6.04 Å². The molecule has 28 heavy (non-hydrogen) atoms. The second-order valence-corrected chi connectivity index (χ2v) is 8.51. The van der Waals surface area contributed by atoms with E-state index in [1.54, 1.807) is 17.9 Å². The van der Waals surface area contributed by atoms with Crippen LogP contribution >= 0.6 is 23.4 Å². The molecule has 1 atom stereocenters. The van der Waals surface area contributed by atoms with Crippen molar-refractivity contribution in [2.75, 3.05) is 5.75 Å². The Bertz CT molecular complexity index is 808. The summed E-state index contributed by atoms with van der Waals surface area (Å²) < 4.78 is 0. The van der Waals surface area contributed by atoms with Gasteiger partial charge in [0.05, 0.1) is 5.75 Å². The molecule has 2 aromatic carbocycles. The highest BCUT2D eigenvalue weighted by Gasteiger charge is 2.27. The Labute approximate surface area is 176 Å². The summed E-state index contributed by atoms with van der Waals surface area (Å²) in [6.45, 7) is 7.87. The van der Waals surface area contributed by atoms with Crippen molar-refractivity contribution in [1.29, 1.82) is 0 Å². The van der Waals surface area contributed by atoms with Crippen LogP contribution in [0.5, 0.6) is 0 Å². The summed E-state index contributed by atoms with van der Waals surface area (Å²) in [5.41, 5.74) is 2.00. The molecule has 0 radical (unpaired) electrons. The Kier molecular flexibility index (Phi) is 8.39. The van der Waals surface area contributed by atoms with E-state index >= 15 is 0 Å². The number of benzene rings is 2. The quantitative estimate of drug-likeness (QED) is 0.633. The minimum Gasteiger partial charge on any atom is -0.352 e. The van der Waals surface area contributed by atoms with Gasteiger partial charge in [0.15, 0.2) is 0 Å². The van der Waals surface area contributed by atoms with E-state index in [1.807, 2.05) is 63.2 Å². The lowest BCUT2D eigenvalue weighted by Gasteiger charge is -2.29. The standard InChI is InChI=1S/C22H27ClN2O2S/c1-15(2)24-22(27)17(4)25(13-18-7-5-6-8-20(18)23)21(26)14-28-19-11-9-16(3)10-12-19/h5-12,15,17H,13-14H2,1-4H3,(H,24,27)/t17-/m1/s1. The van der Waals surface area contributed by atoms with Crippen molar-refractivity contribution in [3.8, 4) is 0 Å². The fourth-order valence-electron chi connectivity index (χ4n) is 2.66. The molecule has 2 amide bonds. The number of amides is 2. The Morgan fingerprint density at radius 2 is 1.71 bits per heavy atom. The minimum atomic E-state index is -0.593. The number of thioether (sulfide) groups is 1. The second kappa shape index (κ2) is 10.5. The van der Waals surface area contributed by atoms with Crippen LogP contribution in [0.3, 0.4) is 0 Å². The molecule has 0 saturated carbocycles. The predicted octanol–water partition coefficient (Wildman–Crippen LogP) is 4.68. The Morgan fingerprint density at radius 1 is 1.07 bits per heavy atom. The lowest BCUT2D eigenvalue weighted by molar-refractivity contribution is -0.138. The van der Waals surface area contributed by atoms with Crippen molar-refractivity contribution in [2.24, 2.45) is 0 Å². The maximum atomic E-state index is 13.0. The highest BCUT2D eigenvalue weighted by molar-refractivity contribution is 8.00. The molecule has 0 aliphatic carbocycles. The number of hydrogen-bond donors (Lipinski definition) is 1. The van der Waals surface area contributed by atoms with Gasteiger partial charge in [-0.25, -0.2) is 0 Å². The molecule has 0 spiro atoms. The van der Waals surface area contributed by atoms with Crippen LogP contribution in [0, 0.1) is 6.92 Å². The van der Waals surface area contributed by atoms with Crippen molar-refractivity contribution >= 4 is 35.2 Å². The Balaban J connectivity index is 2.15. The van der Waals surface area contributed by atoms with Crippen molar-refractivity contribution in [3.05, 3.63) is 64.7 Å². The van der Waals surface area contributed by atoms with Gasteiger partial charge in [-0.1, -0.05) is 47.5 Å². The van der Waals surface area contributed by atoms with Crippen molar-refractivity contribution < 1.29 is 9.59 Å². The molecule has 0 aromatic heterocycles. The third-order valence-corrected chi connectivity index (χ3v) is 5.65. The van der Waals surface area contributed by atoms with E-state index in [2.05, 4.69) is 5.32 Å². The average Bonchev–Trinajstić information content (AvgIpc) is 2.65. The third-order valence-electron chi connectivity index (χ3n) is 4.28. The van der Waals surface area contributed by atoms with Crippen LogP contribution in [0.2, 0.25) is 5.02 Å². The average molecular weight is 419 g/mol. The van der Waals surface area contributed by atoms with Gasteiger partial charge in [0.25, 0.3) is 0 Å². The number of aryl methyl sites for hydroxylation is 1. The summed E-state index contributed by atoms with van der Waals surface area (Å²) in [6.07, 6.45) is 0. The van der Waals surface area contributed by atoms with Gasteiger partial charge in [-0.3, -0.25) is 9.59 Å². The van der Waals surface area contributed by atoms with Gasteiger partial charge in [0, 0.05) is 22.5 Å². The molecular weight excluding hydrogens is 392 g/mol. The monoisotopic (exact) mass is 418 g/mol. The smallest absolute Gasteiger partial charge is 0.242 e. The van der Waals surface area contributed by atoms with E-state index in [-0.39, 0.29) is 23.6 Å². The van der Waals surface area contributed by atoms with Crippen molar-refractivity contribution in [3.63, 3.8) is 0 Å². The SMILES string of the molecule is Cc1ccc(SCC(=O)N(Cc2ccccc2Cl)[C@H](C)C(=O)NC(C)C)cc1. The van der Waals surface area contributed by atoms with E-state index in [4.69, 9.17) is 11.6 Å². The van der Waals surface area contributed by atoms with Crippen LogP contribution < -0.4 is 5.32 Å². The number of rotatable bonds is 8. The third kappa shape index (κ3) is 6.57. The lowest BCUT2D eigenvalue weighted by Crippen LogP contribution is -2.49. The molecule has 150 valence electrons. The molecule has 0 bridgehead atoms. The number of nitrogens with one attached hydrogen (secondary N) is 1. The van der Waals surface area contributed by atoms with E-state index in [1.165, 1.54) is 17.3 Å². The summed E-state index contributed by atoms with van der Waals surface area (Å²) in [5, 5.41) is 3.47. The summed E-state index contributed by atoms with van der Waals surface area (Å²) in [7, 11) is 0. The Morgan fingerprint density at radius 3 is 2.32 bits per heavy atom. The first-order valence-electron chi connectivity index (χ1n) is 9.30. The summed E-state index contributed by atoms with van der Waals surface area (Å²) in [6, 6.07) is 14.9. The van der Waals surface area contributed by atoms with Gasteiger partial charge in [0.1, 0.15) is 6.04 Å². The molecule has 0 fully saturated rings.